The number of nitrogens with zero attached hydrogens (tertiary/aromatic N) is 1. The van der Waals surface area contributed by atoms with Gasteiger partial charge in [0.1, 0.15) is 23.1 Å². The van der Waals surface area contributed by atoms with Crippen LogP contribution in [0.15, 0.2) is 76.0 Å². The molecular formula is C28H23N2NaO4S. The molecule has 0 saturated carbocycles. The third-order valence-corrected chi connectivity index (χ3v) is 6.75. The maximum Gasteiger partial charge on any atom is 1.00 e. The van der Waals surface area contributed by atoms with Crippen LogP contribution in [-0.4, -0.2) is 11.0 Å². The summed E-state index contributed by atoms with van der Waals surface area (Å²) >= 11 is 1.17. The summed E-state index contributed by atoms with van der Waals surface area (Å²) in [6.45, 7) is 5.74. The molecule has 0 radical (unpaired) electrons. The summed E-state index contributed by atoms with van der Waals surface area (Å²) in [5.74, 6) is -0.345. The summed E-state index contributed by atoms with van der Waals surface area (Å²) < 4.78 is 12.3. The Morgan fingerprint density at radius 3 is 2.47 bits per heavy atom. The molecule has 176 valence electrons. The Kier molecular flexibility index (Phi) is 7.78. The van der Waals surface area contributed by atoms with Crippen molar-refractivity contribution in [1.82, 2.24) is 4.98 Å². The van der Waals surface area contributed by atoms with Crippen molar-refractivity contribution in [3.8, 4) is 17.2 Å². The number of hydrogen-bond donors (Lipinski definition) is 1. The third-order valence-electron chi connectivity index (χ3n) is 6.21. The molecule has 0 bridgehead atoms. The van der Waals surface area contributed by atoms with Crippen molar-refractivity contribution in [1.29, 1.82) is 0 Å². The van der Waals surface area contributed by atoms with Crippen LogP contribution < -0.4 is 44.5 Å². The van der Waals surface area contributed by atoms with Crippen LogP contribution in [-0.2, 0) is 0 Å². The summed E-state index contributed by atoms with van der Waals surface area (Å²) in [7, 11) is 0. The fraction of sp³-hybridized carbons (Fsp3) is 0.143. The molecule has 5 aromatic rings. The largest absolute Gasteiger partial charge is 1.00 e. The van der Waals surface area contributed by atoms with Gasteiger partial charge in [-0.3, -0.25) is 5.14 Å². The fourth-order valence-corrected chi connectivity index (χ4v) is 4.61. The molecule has 5 rings (SSSR count). The molecular weight excluding hydrogens is 483 g/mol. The van der Waals surface area contributed by atoms with E-state index in [1.54, 1.807) is 6.07 Å². The number of furan rings is 1. The molecule has 0 spiro atoms. The molecule has 0 aliphatic rings. The number of carboxylic acid groups (broad SMARTS) is 1. The number of carboxylic acids is 1. The predicted molar refractivity (Wildman–Crippen MR) is 136 cm³/mol. The number of hydrogen-bond acceptors (Lipinski definition) is 7. The van der Waals surface area contributed by atoms with Crippen molar-refractivity contribution in [2.45, 2.75) is 31.8 Å². The first-order valence-corrected chi connectivity index (χ1v) is 12.0. The van der Waals surface area contributed by atoms with Crippen molar-refractivity contribution in [2.75, 3.05) is 0 Å². The maximum atomic E-state index is 12.3. The number of nitrogens with two attached hydrogens (primary N) is 1. The van der Waals surface area contributed by atoms with E-state index in [0.717, 1.165) is 32.6 Å². The van der Waals surface area contributed by atoms with Gasteiger partial charge in [-0.1, -0.05) is 36.4 Å². The molecule has 2 heterocycles. The molecule has 0 saturated heterocycles. The Hall–Kier alpha value is -2.81. The SMILES string of the molecule is Cc1c(-c2cc(C(=O)[O-])c3c(OC(C)c4ccc(SN)cc4)ccc(C)c3n2)oc2ccccc12.[Na+]. The standard InChI is InChI=1S/C28H24N2O4S.Na/c1-15-8-13-24(33-17(3)18-9-11-19(35-29)12-10-18)25-21(28(31)32)14-22(30-26(15)25)27-16(2)20-6-4-5-7-23(20)34-27;/h4-14,17H,29H2,1-3H3,(H,31,32);/q;+1/p-1. The van der Waals surface area contributed by atoms with Gasteiger partial charge >= 0.3 is 29.6 Å². The quantitative estimate of drug-likeness (QED) is 0.279. The van der Waals surface area contributed by atoms with Crippen LogP contribution in [0.2, 0.25) is 0 Å². The molecule has 1 unspecified atom stereocenters. The zero-order valence-corrected chi connectivity index (χ0v) is 23.3. The average molecular weight is 507 g/mol. The molecule has 2 aromatic heterocycles. The molecule has 0 aliphatic carbocycles. The third kappa shape index (κ3) is 4.77. The number of benzene rings is 3. The summed E-state index contributed by atoms with van der Waals surface area (Å²) in [5, 5.41) is 19.3. The van der Waals surface area contributed by atoms with Crippen LogP contribution >= 0.6 is 11.9 Å². The Balaban J connectivity index is 0.00000304. The summed E-state index contributed by atoms with van der Waals surface area (Å²) in [5.41, 5.74) is 4.35. The van der Waals surface area contributed by atoms with E-state index in [9.17, 15) is 9.90 Å². The summed E-state index contributed by atoms with van der Waals surface area (Å²) in [6, 6.07) is 20.6. The van der Waals surface area contributed by atoms with E-state index in [2.05, 4.69) is 0 Å². The van der Waals surface area contributed by atoms with E-state index in [1.807, 2.05) is 75.4 Å². The van der Waals surface area contributed by atoms with E-state index in [4.69, 9.17) is 19.3 Å². The van der Waals surface area contributed by atoms with Crippen molar-refractivity contribution in [3.63, 3.8) is 0 Å². The van der Waals surface area contributed by atoms with Crippen LogP contribution in [0, 0.1) is 13.8 Å². The second-order valence-electron chi connectivity index (χ2n) is 8.45. The smallest absolute Gasteiger partial charge is 0.545 e. The second kappa shape index (κ2) is 10.7. The van der Waals surface area contributed by atoms with Gasteiger partial charge in [-0.05, 0) is 74.2 Å². The Morgan fingerprint density at radius 1 is 1.08 bits per heavy atom. The Bertz CT molecular complexity index is 1580. The Labute approximate surface area is 235 Å². The molecule has 36 heavy (non-hydrogen) atoms. The second-order valence-corrected chi connectivity index (χ2v) is 9.15. The molecule has 1 atom stereocenters. The van der Waals surface area contributed by atoms with E-state index in [1.165, 1.54) is 18.0 Å². The number of carbonyl (C=O) groups is 1. The number of ether oxygens (including phenoxy) is 1. The first kappa shape index (κ1) is 26.3. The topological polar surface area (TPSA) is 101 Å². The van der Waals surface area contributed by atoms with Gasteiger partial charge < -0.3 is 19.1 Å². The molecule has 8 heteroatoms. The molecule has 3 aromatic carbocycles. The number of aromatic carboxylic acids is 1. The van der Waals surface area contributed by atoms with Crippen LogP contribution in [0.25, 0.3) is 33.3 Å². The summed E-state index contributed by atoms with van der Waals surface area (Å²) in [4.78, 5) is 18.1. The number of carbonyl (C=O) groups excluding carboxylic acids is 1. The molecule has 2 N–H and O–H groups in total. The maximum absolute atomic E-state index is 12.3. The van der Waals surface area contributed by atoms with E-state index in [-0.39, 0.29) is 41.2 Å². The minimum atomic E-state index is -1.31. The van der Waals surface area contributed by atoms with Crippen molar-refractivity contribution in [3.05, 3.63) is 89.0 Å². The minimum absolute atomic E-state index is 0. The first-order valence-electron chi connectivity index (χ1n) is 11.1. The number of aromatic nitrogens is 1. The van der Waals surface area contributed by atoms with Crippen LogP contribution in [0.3, 0.4) is 0 Å². The van der Waals surface area contributed by atoms with E-state index in [0.29, 0.717) is 28.1 Å². The number of rotatable bonds is 6. The van der Waals surface area contributed by atoms with Gasteiger partial charge in [0.2, 0.25) is 0 Å². The van der Waals surface area contributed by atoms with Crippen LogP contribution in [0.4, 0.5) is 0 Å². The van der Waals surface area contributed by atoms with Crippen LogP contribution in [0.1, 0.15) is 40.1 Å². The Morgan fingerprint density at radius 2 is 1.81 bits per heavy atom. The van der Waals surface area contributed by atoms with Gasteiger partial charge in [0.15, 0.2) is 5.76 Å². The predicted octanol–water partition coefficient (Wildman–Crippen LogP) is 2.74. The van der Waals surface area contributed by atoms with Gasteiger partial charge in [-0.25, -0.2) is 4.98 Å². The average Bonchev–Trinajstić information content (AvgIpc) is 3.21. The van der Waals surface area contributed by atoms with Crippen molar-refractivity contribution < 1.29 is 48.6 Å². The van der Waals surface area contributed by atoms with Gasteiger partial charge in [0.25, 0.3) is 0 Å². The number of aryl methyl sites for hydroxylation is 2. The van der Waals surface area contributed by atoms with Gasteiger partial charge in [-0.2, -0.15) is 0 Å². The monoisotopic (exact) mass is 506 g/mol. The van der Waals surface area contributed by atoms with E-state index >= 15 is 0 Å². The molecule has 0 aliphatic heterocycles. The van der Waals surface area contributed by atoms with Crippen molar-refractivity contribution >= 4 is 39.8 Å². The van der Waals surface area contributed by atoms with E-state index < -0.39 is 5.97 Å². The zero-order valence-electron chi connectivity index (χ0n) is 20.5. The van der Waals surface area contributed by atoms with Crippen molar-refractivity contribution in [2.24, 2.45) is 5.14 Å². The minimum Gasteiger partial charge on any atom is -0.545 e. The first-order chi connectivity index (χ1) is 16.9. The van der Waals surface area contributed by atoms with Gasteiger partial charge in [-0.15, -0.1) is 0 Å². The van der Waals surface area contributed by atoms with Gasteiger partial charge in [0, 0.05) is 21.4 Å². The fourth-order valence-electron chi connectivity index (χ4n) is 4.31. The molecule has 0 fully saturated rings. The summed E-state index contributed by atoms with van der Waals surface area (Å²) in [6.07, 6.45) is -0.329. The normalized spacial score (nSPS) is 11.9. The zero-order chi connectivity index (χ0) is 24.7. The number of fused-ring (bicyclic) bond motifs is 2. The number of pyridine rings is 1. The van der Waals surface area contributed by atoms with Gasteiger partial charge in [0.05, 0.1) is 16.9 Å². The molecule has 0 amide bonds. The van der Waals surface area contributed by atoms with Crippen LogP contribution in [0.5, 0.6) is 5.75 Å². The molecule has 6 nitrogen and oxygen atoms in total. The number of para-hydroxylation sites is 1.